The van der Waals surface area contributed by atoms with Gasteiger partial charge in [0.15, 0.2) is 11.5 Å². The Hall–Kier alpha value is -2.57. The molecule has 0 spiro atoms. The van der Waals surface area contributed by atoms with Crippen LogP contribution < -0.4 is 4.74 Å². The van der Waals surface area contributed by atoms with Gasteiger partial charge in [0.2, 0.25) is 11.7 Å². The van der Waals surface area contributed by atoms with Crippen LogP contribution >= 0.6 is 0 Å². The highest BCUT2D eigenvalue weighted by Crippen LogP contribution is 2.34. The zero-order valence-corrected chi connectivity index (χ0v) is 10.6. The number of hydrogen-bond donors (Lipinski definition) is 1. The third-order valence-electron chi connectivity index (χ3n) is 2.49. The Morgan fingerprint density at radius 1 is 1.37 bits per heavy atom. The number of phenolic OH excluding ortho intramolecular Hbond substituents is 1. The van der Waals surface area contributed by atoms with Crippen molar-refractivity contribution in [3.8, 4) is 22.9 Å². The monoisotopic (exact) mass is 264 g/mol. The molecule has 1 aromatic heterocycles. The molecule has 1 heterocycles. The number of aromatic nitrogens is 2. The molecule has 100 valence electrons. The lowest BCUT2D eigenvalue weighted by atomic mass is 10.1. The van der Waals surface area contributed by atoms with Crippen LogP contribution in [0.4, 0.5) is 0 Å². The molecule has 0 amide bonds. The SMILES string of the molecule is COC(=O)c1cc(O)c(OC)cc1-c1noc(C)n1. The quantitative estimate of drug-likeness (QED) is 0.840. The third-order valence-corrected chi connectivity index (χ3v) is 2.49. The Bertz CT molecular complexity index is 621. The van der Waals surface area contributed by atoms with E-state index in [0.717, 1.165) is 0 Å². The maximum atomic E-state index is 11.7. The largest absolute Gasteiger partial charge is 0.504 e. The van der Waals surface area contributed by atoms with Crippen LogP contribution in [0.3, 0.4) is 0 Å². The van der Waals surface area contributed by atoms with Crippen LogP contribution in [0, 0.1) is 6.92 Å². The van der Waals surface area contributed by atoms with Crippen LogP contribution in [0.2, 0.25) is 0 Å². The molecule has 0 aliphatic rings. The zero-order valence-electron chi connectivity index (χ0n) is 10.6. The average Bonchev–Trinajstić information content (AvgIpc) is 2.84. The van der Waals surface area contributed by atoms with Gasteiger partial charge < -0.3 is 19.1 Å². The molecule has 0 aliphatic carbocycles. The number of hydrogen-bond acceptors (Lipinski definition) is 7. The number of aryl methyl sites for hydroxylation is 1. The molecule has 2 rings (SSSR count). The van der Waals surface area contributed by atoms with Crippen molar-refractivity contribution in [3.63, 3.8) is 0 Å². The molecule has 0 radical (unpaired) electrons. The van der Waals surface area contributed by atoms with Crippen LogP contribution in [0.25, 0.3) is 11.4 Å². The Morgan fingerprint density at radius 2 is 2.11 bits per heavy atom. The highest BCUT2D eigenvalue weighted by atomic mass is 16.5. The van der Waals surface area contributed by atoms with Gasteiger partial charge in [-0.25, -0.2) is 4.79 Å². The summed E-state index contributed by atoms with van der Waals surface area (Å²) in [6, 6.07) is 2.69. The molecular weight excluding hydrogens is 252 g/mol. The Kier molecular flexibility index (Phi) is 3.37. The van der Waals surface area contributed by atoms with E-state index in [-0.39, 0.29) is 22.9 Å². The lowest BCUT2D eigenvalue weighted by Crippen LogP contribution is -2.04. The summed E-state index contributed by atoms with van der Waals surface area (Å²) in [4.78, 5) is 15.7. The smallest absolute Gasteiger partial charge is 0.338 e. The molecule has 0 unspecified atom stereocenters. The topological polar surface area (TPSA) is 94.7 Å². The number of rotatable bonds is 3. The van der Waals surface area contributed by atoms with Crippen molar-refractivity contribution in [2.75, 3.05) is 14.2 Å². The van der Waals surface area contributed by atoms with Gasteiger partial charge in [-0.05, 0) is 12.1 Å². The summed E-state index contributed by atoms with van der Waals surface area (Å²) in [5, 5.41) is 13.5. The molecule has 7 heteroatoms. The predicted molar refractivity (Wildman–Crippen MR) is 64.0 cm³/mol. The first-order valence-electron chi connectivity index (χ1n) is 5.36. The molecule has 0 fully saturated rings. The summed E-state index contributed by atoms with van der Waals surface area (Å²) in [6.45, 7) is 1.63. The molecule has 1 N–H and O–H groups in total. The molecule has 2 aromatic rings. The number of esters is 1. The van der Waals surface area contributed by atoms with E-state index >= 15 is 0 Å². The van der Waals surface area contributed by atoms with E-state index in [1.807, 2.05) is 0 Å². The molecule has 19 heavy (non-hydrogen) atoms. The number of nitrogens with zero attached hydrogens (tertiary/aromatic N) is 2. The number of methoxy groups -OCH3 is 2. The van der Waals surface area contributed by atoms with E-state index in [2.05, 4.69) is 14.9 Å². The van der Waals surface area contributed by atoms with E-state index in [4.69, 9.17) is 9.26 Å². The summed E-state index contributed by atoms with van der Waals surface area (Å²) in [6.07, 6.45) is 0. The standard InChI is InChI=1S/C12H12N2O5/c1-6-13-11(14-19-6)7-5-10(17-2)9(15)4-8(7)12(16)18-3/h4-5,15H,1-3H3. The second-order valence-corrected chi connectivity index (χ2v) is 3.70. The van der Waals surface area contributed by atoms with Crippen molar-refractivity contribution in [2.24, 2.45) is 0 Å². The number of carbonyl (C=O) groups is 1. The van der Waals surface area contributed by atoms with Crippen LogP contribution in [0.5, 0.6) is 11.5 Å². The second-order valence-electron chi connectivity index (χ2n) is 3.70. The van der Waals surface area contributed by atoms with E-state index in [1.54, 1.807) is 6.92 Å². The van der Waals surface area contributed by atoms with Gasteiger partial charge in [-0.3, -0.25) is 0 Å². The van der Waals surface area contributed by atoms with E-state index < -0.39 is 5.97 Å². The maximum absolute atomic E-state index is 11.7. The van der Waals surface area contributed by atoms with Crippen molar-refractivity contribution < 1.29 is 23.9 Å². The first-order chi connectivity index (χ1) is 9.06. The number of ether oxygens (including phenoxy) is 2. The summed E-state index contributed by atoms with van der Waals surface area (Å²) in [7, 11) is 2.65. The van der Waals surface area contributed by atoms with Crippen LogP contribution in [0.1, 0.15) is 16.2 Å². The number of benzene rings is 1. The van der Waals surface area contributed by atoms with Gasteiger partial charge in [0.25, 0.3) is 0 Å². The lowest BCUT2D eigenvalue weighted by molar-refractivity contribution is 0.0601. The van der Waals surface area contributed by atoms with Crippen molar-refractivity contribution >= 4 is 5.97 Å². The molecule has 7 nitrogen and oxygen atoms in total. The Balaban J connectivity index is 2.65. The number of carbonyl (C=O) groups excluding carboxylic acids is 1. The van der Waals surface area contributed by atoms with Crippen molar-refractivity contribution in [2.45, 2.75) is 6.92 Å². The third kappa shape index (κ3) is 2.35. The molecular formula is C12H12N2O5. The fraction of sp³-hybridized carbons (Fsp3) is 0.250. The van der Waals surface area contributed by atoms with Crippen LogP contribution in [0.15, 0.2) is 16.7 Å². The molecule has 0 atom stereocenters. The van der Waals surface area contributed by atoms with Gasteiger partial charge in [-0.1, -0.05) is 5.16 Å². The molecule has 1 aromatic carbocycles. The first-order valence-corrected chi connectivity index (χ1v) is 5.36. The van der Waals surface area contributed by atoms with E-state index in [0.29, 0.717) is 11.5 Å². The highest BCUT2D eigenvalue weighted by Gasteiger charge is 2.20. The molecule has 0 saturated heterocycles. The van der Waals surface area contributed by atoms with Gasteiger partial charge in [0, 0.05) is 12.5 Å². The normalized spacial score (nSPS) is 10.3. The van der Waals surface area contributed by atoms with Crippen molar-refractivity contribution in [1.29, 1.82) is 0 Å². The highest BCUT2D eigenvalue weighted by molar-refractivity contribution is 5.97. The summed E-state index contributed by atoms with van der Waals surface area (Å²) >= 11 is 0. The minimum atomic E-state index is -0.615. The molecule has 0 saturated carbocycles. The average molecular weight is 264 g/mol. The lowest BCUT2D eigenvalue weighted by Gasteiger charge is -2.09. The van der Waals surface area contributed by atoms with Crippen molar-refractivity contribution in [3.05, 3.63) is 23.6 Å². The van der Waals surface area contributed by atoms with Gasteiger partial charge in [0.05, 0.1) is 19.8 Å². The number of phenols is 1. The molecule has 0 aliphatic heterocycles. The van der Waals surface area contributed by atoms with Gasteiger partial charge in [-0.15, -0.1) is 0 Å². The Labute approximate surface area is 108 Å². The minimum Gasteiger partial charge on any atom is -0.504 e. The second kappa shape index (κ2) is 4.97. The minimum absolute atomic E-state index is 0.126. The van der Waals surface area contributed by atoms with Gasteiger partial charge in [0.1, 0.15) is 0 Å². The summed E-state index contributed by atoms with van der Waals surface area (Å²) < 4.78 is 14.5. The van der Waals surface area contributed by atoms with Gasteiger partial charge in [-0.2, -0.15) is 4.98 Å². The first kappa shape index (κ1) is 12.9. The Morgan fingerprint density at radius 3 is 2.63 bits per heavy atom. The fourth-order valence-corrected chi connectivity index (χ4v) is 1.60. The summed E-state index contributed by atoms with van der Waals surface area (Å²) in [5.74, 6) is -0.0126. The summed E-state index contributed by atoms with van der Waals surface area (Å²) in [5.41, 5.74) is 0.486. The van der Waals surface area contributed by atoms with Crippen LogP contribution in [-0.2, 0) is 4.74 Å². The predicted octanol–water partition coefficient (Wildman–Crippen LogP) is 1.55. The zero-order chi connectivity index (χ0) is 14.0. The van der Waals surface area contributed by atoms with E-state index in [9.17, 15) is 9.90 Å². The van der Waals surface area contributed by atoms with E-state index in [1.165, 1.54) is 26.4 Å². The van der Waals surface area contributed by atoms with Crippen molar-refractivity contribution in [1.82, 2.24) is 10.1 Å². The maximum Gasteiger partial charge on any atom is 0.338 e. The molecule has 0 bridgehead atoms. The number of aromatic hydroxyl groups is 1. The fourth-order valence-electron chi connectivity index (χ4n) is 1.60. The van der Waals surface area contributed by atoms with Gasteiger partial charge >= 0.3 is 5.97 Å². The van der Waals surface area contributed by atoms with Crippen LogP contribution in [-0.4, -0.2) is 35.4 Å².